The maximum atomic E-state index is 13.1. The molecule has 3 heterocycles. The van der Waals surface area contributed by atoms with Crippen molar-refractivity contribution in [1.29, 1.82) is 0 Å². The number of nitrogens with one attached hydrogen (secondary N) is 1. The first-order valence-corrected chi connectivity index (χ1v) is 11.4. The maximum absolute atomic E-state index is 13.1. The number of likely N-dealkylation sites (tertiary alicyclic amines) is 1. The maximum Gasteiger partial charge on any atom is 0.262 e. The second-order valence-electron chi connectivity index (χ2n) is 7.98. The molecule has 1 unspecified atom stereocenters. The van der Waals surface area contributed by atoms with Crippen molar-refractivity contribution in [2.24, 2.45) is 0 Å². The van der Waals surface area contributed by atoms with Gasteiger partial charge in [-0.3, -0.25) is 14.2 Å². The average Bonchev–Trinajstić information content (AvgIpc) is 3.28. The number of hydrogen-bond donors (Lipinski definition) is 1. The van der Waals surface area contributed by atoms with Crippen LogP contribution in [0.5, 0.6) is 11.5 Å². The minimum Gasteiger partial charge on any atom is -0.486 e. The lowest BCUT2D eigenvalue weighted by atomic mass is 10.0. The van der Waals surface area contributed by atoms with E-state index in [4.69, 9.17) is 33.3 Å². The number of carbonyl (C=O) groups excluding carboxylic acids is 1. The highest BCUT2D eigenvalue weighted by molar-refractivity contribution is 7.71. The van der Waals surface area contributed by atoms with Crippen LogP contribution in [0.25, 0.3) is 10.9 Å². The molecule has 2 aromatic carbocycles. The van der Waals surface area contributed by atoms with Crippen LogP contribution in [0, 0.1) is 4.77 Å². The van der Waals surface area contributed by atoms with E-state index in [2.05, 4.69) is 4.98 Å². The van der Waals surface area contributed by atoms with E-state index >= 15 is 0 Å². The third kappa shape index (κ3) is 3.89. The van der Waals surface area contributed by atoms with E-state index in [0.717, 1.165) is 29.9 Å². The number of ether oxygens (including phenoxy) is 2. The molecule has 0 bridgehead atoms. The van der Waals surface area contributed by atoms with Gasteiger partial charge in [0.15, 0.2) is 16.3 Å². The Bertz CT molecular complexity index is 1320. The van der Waals surface area contributed by atoms with Crippen molar-refractivity contribution < 1.29 is 14.3 Å². The van der Waals surface area contributed by atoms with Crippen LogP contribution in [0.15, 0.2) is 41.2 Å². The number of H-pyrrole nitrogens is 1. The van der Waals surface area contributed by atoms with Gasteiger partial charge in [0.1, 0.15) is 13.2 Å². The summed E-state index contributed by atoms with van der Waals surface area (Å²) in [5.74, 6) is 1.46. The van der Waals surface area contributed by atoms with Crippen LogP contribution in [0.2, 0.25) is 5.02 Å². The highest BCUT2D eigenvalue weighted by Crippen LogP contribution is 2.38. The standard InChI is InChI=1S/C23H22ClN3O4S/c24-15-4-5-16-17(13-15)25-23(32)27(22(16)29)9-7-21(28)26-8-1-2-18(26)14-3-6-19-20(12-14)31-11-10-30-19/h3-6,12-13,18H,1-2,7-11H2,(H,25,32). The number of rotatable bonds is 4. The predicted molar refractivity (Wildman–Crippen MR) is 124 cm³/mol. The predicted octanol–water partition coefficient (Wildman–Crippen LogP) is 4.24. The summed E-state index contributed by atoms with van der Waals surface area (Å²) in [6.07, 6.45) is 2.02. The van der Waals surface area contributed by atoms with Crippen molar-refractivity contribution in [1.82, 2.24) is 14.5 Å². The molecule has 0 saturated carbocycles. The van der Waals surface area contributed by atoms with Crippen molar-refractivity contribution in [2.45, 2.75) is 31.8 Å². The summed E-state index contributed by atoms with van der Waals surface area (Å²) in [5.41, 5.74) is 1.41. The van der Waals surface area contributed by atoms with Gasteiger partial charge in [-0.1, -0.05) is 17.7 Å². The molecule has 3 aromatic rings. The van der Waals surface area contributed by atoms with E-state index in [1.165, 1.54) is 4.57 Å². The highest BCUT2D eigenvalue weighted by Gasteiger charge is 2.30. The van der Waals surface area contributed by atoms with Gasteiger partial charge < -0.3 is 19.4 Å². The number of amides is 1. The molecule has 1 saturated heterocycles. The quantitative estimate of drug-likeness (QED) is 0.576. The van der Waals surface area contributed by atoms with E-state index in [1.54, 1.807) is 18.2 Å². The molecule has 0 aliphatic carbocycles. The smallest absolute Gasteiger partial charge is 0.262 e. The zero-order chi connectivity index (χ0) is 22.2. The number of hydrogen-bond acceptors (Lipinski definition) is 5. The molecular weight excluding hydrogens is 450 g/mol. The fourth-order valence-corrected chi connectivity index (χ4v) is 4.92. The molecule has 7 nitrogen and oxygen atoms in total. The van der Waals surface area contributed by atoms with Crippen molar-refractivity contribution in [2.75, 3.05) is 19.8 Å². The second kappa shape index (κ2) is 8.60. The molecule has 0 radical (unpaired) electrons. The molecule has 1 N–H and O–H groups in total. The highest BCUT2D eigenvalue weighted by atomic mass is 35.5. The van der Waals surface area contributed by atoms with Gasteiger partial charge in [0.05, 0.1) is 16.9 Å². The van der Waals surface area contributed by atoms with Crippen molar-refractivity contribution in [3.63, 3.8) is 0 Å². The monoisotopic (exact) mass is 471 g/mol. The number of halogens is 1. The number of benzene rings is 2. The van der Waals surface area contributed by atoms with E-state index in [-0.39, 0.29) is 35.2 Å². The van der Waals surface area contributed by atoms with Crippen LogP contribution >= 0.6 is 23.8 Å². The molecule has 1 amide bonds. The van der Waals surface area contributed by atoms with Crippen molar-refractivity contribution >= 4 is 40.6 Å². The van der Waals surface area contributed by atoms with E-state index in [1.807, 2.05) is 23.1 Å². The Kier molecular flexibility index (Phi) is 5.65. The van der Waals surface area contributed by atoms with E-state index in [9.17, 15) is 9.59 Å². The second-order valence-corrected chi connectivity index (χ2v) is 8.80. The Balaban J connectivity index is 1.34. The molecule has 166 valence electrons. The van der Waals surface area contributed by atoms with Gasteiger partial charge >= 0.3 is 0 Å². The molecule has 32 heavy (non-hydrogen) atoms. The molecule has 1 atom stereocenters. The van der Waals surface area contributed by atoms with E-state index in [0.29, 0.717) is 35.7 Å². The van der Waals surface area contributed by atoms with Gasteiger partial charge in [0.2, 0.25) is 5.91 Å². The van der Waals surface area contributed by atoms with Crippen LogP contribution in [0.3, 0.4) is 0 Å². The third-order valence-corrected chi connectivity index (χ3v) is 6.57. The Morgan fingerprint density at radius 2 is 1.97 bits per heavy atom. The van der Waals surface area contributed by atoms with Crippen LogP contribution < -0.4 is 15.0 Å². The van der Waals surface area contributed by atoms with Crippen LogP contribution in [0.4, 0.5) is 0 Å². The van der Waals surface area contributed by atoms with Gasteiger partial charge in [0.25, 0.3) is 5.56 Å². The number of fused-ring (bicyclic) bond motifs is 2. The van der Waals surface area contributed by atoms with Crippen LogP contribution in [-0.2, 0) is 11.3 Å². The minimum atomic E-state index is -0.224. The number of aromatic nitrogens is 2. The fraction of sp³-hybridized carbons (Fsp3) is 0.348. The van der Waals surface area contributed by atoms with Gasteiger partial charge in [-0.15, -0.1) is 0 Å². The van der Waals surface area contributed by atoms with Gasteiger partial charge in [-0.25, -0.2) is 0 Å². The average molecular weight is 472 g/mol. The minimum absolute atomic E-state index is 0.0000999. The number of nitrogens with zero attached hydrogens (tertiary/aromatic N) is 2. The van der Waals surface area contributed by atoms with E-state index < -0.39 is 0 Å². The molecule has 2 aliphatic heterocycles. The lowest BCUT2D eigenvalue weighted by Gasteiger charge is -2.27. The Labute approximate surface area is 194 Å². The molecular formula is C23H22ClN3O4S. The summed E-state index contributed by atoms with van der Waals surface area (Å²) >= 11 is 11.4. The molecule has 9 heteroatoms. The third-order valence-electron chi connectivity index (χ3n) is 6.02. The normalized spacial score (nSPS) is 17.7. The Morgan fingerprint density at radius 1 is 1.16 bits per heavy atom. The topological polar surface area (TPSA) is 76.6 Å². The Hall–Kier alpha value is -2.84. The van der Waals surface area contributed by atoms with Gasteiger partial charge in [-0.2, -0.15) is 0 Å². The molecule has 2 aliphatic rings. The molecule has 5 rings (SSSR count). The van der Waals surface area contributed by atoms with Crippen LogP contribution in [-0.4, -0.2) is 40.1 Å². The van der Waals surface area contributed by atoms with Gasteiger partial charge in [-0.05, 0) is 61.0 Å². The first kappa shape index (κ1) is 21.0. The molecule has 1 fully saturated rings. The summed E-state index contributed by atoms with van der Waals surface area (Å²) in [5, 5.41) is 1.01. The van der Waals surface area contributed by atoms with Crippen molar-refractivity contribution in [3.05, 3.63) is 62.1 Å². The summed E-state index contributed by atoms with van der Waals surface area (Å²) in [6.45, 7) is 1.98. The summed E-state index contributed by atoms with van der Waals surface area (Å²) in [6, 6.07) is 10.9. The molecule has 1 aromatic heterocycles. The van der Waals surface area contributed by atoms with Crippen molar-refractivity contribution in [3.8, 4) is 11.5 Å². The first-order chi connectivity index (χ1) is 15.5. The molecule has 0 spiro atoms. The largest absolute Gasteiger partial charge is 0.486 e. The number of carbonyl (C=O) groups is 1. The zero-order valence-electron chi connectivity index (χ0n) is 17.3. The lowest BCUT2D eigenvalue weighted by Crippen LogP contribution is -2.32. The Morgan fingerprint density at radius 3 is 2.81 bits per heavy atom. The summed E-state index contributed by atoms with van der Waals surface area (Å²) < 4.78 is 13.0. The fourth-order valence-electron chi connectivity index (χ4n) is 4.46. The first-order valence-electron chi connectivity index (χ1n) is 10.6. The van der Waals surface area contributed by atoms with Crippen LogP contribution in [0.1, 0.15) is 30.9 Å². The zero-order valence-corrected chi connectivity index (χ0v) is 18.9. The summed E-state index contributed by atoms with van der Waals surface area (Å²) in [4.78, 5) is 30.9. The number of aromatic amines is 1. The SMILES string of the molecule is O=C(CCn1c(=S)[nH]c2cc(Cl)ccc2c1=O)N1CCCC1c1ccc2c(c1)OCCO2. The van der Waals surface area contributed by atoms with Gasteiger partial charge in [0, 0.05) is 24.5 Å². The summed E-state index contributed by atoms with van der Waals surface area (Å²) in [7, 11) is 0. The lowest BCUT2D eigenvalue weighted by molar-refractivity contribution is -0.132.